The summed E-state index contributed by atoms with van der Waals surface area (Å²) in [6, 6.07) is 6.29. The van der Waals surface area contributed by atoms with E-state index in [4.69, 9.17) is 0 Å². The second-order valence-corrected chi connectivity index (χ2v) is 8.89. The number of nitrogens with zero attached hydrogens (tertiary/aromatic N) is 2. The van der Waals surface area contributed by atoms with Crippen molar-refractivity contribution in [3.63, 3.8) is 0 Å². The van der Waals surface area contributed by atoms with Gasteiger partial charge in [-0.05, 0) is 43.4 Å². The zero-order valence-electron chi connectivity index (χ0n) is 16.9. The van der Waals surface area contributed by atoms with Crippen molar-refractivity contribution < 1.29 is 18.8 Å². The fraction of sp³-hybridized carbons (Fsp3) is 0.609. The van der Waals surface area contributed by atoms with Crippen LogP contribution < -0.4 is 0 Å². The summed E-state index contributed by atoms with van der Waals surface area (Å²) in [6.45, 7) is 0.211. The highest BCUT2D eigenvalue weighted by Crippen LogP contribution is 2.46. The minimum absolute atomic E-state index is 0.106. The van der Waals surface area contributed by atoms with Gasteiger partial charge in [-0.1, -0.05) is 44.2 Å². The summed E-state index contributed by atoms with van der Waals surface area (Å²) in [7, 11) is 0. The normalized spacial score (nSPS) is 21.9. The van der Waals surface area contributed by atoms with Crippen molar-refractivity contribution in [2.45, 2.75) is 76.8 Å². The maximum Gasteiger partial charge on any atom is 0.243 e. The van der Waals surface area contributed by atoms with Gasteiger partial charge < -0.3 is 4.90 Å². The molecule has 2 aliphatic carbocycles. The molecule has 1 heterocycles. The van der Waals surface area contributed by atoms with Gasteiger partial charge in [0, 0.05) is 19.0 Å². The average Bonchev–Trinajstić information content (AvgIpc) is 3.29. The minimum atomic E-state index is -0.552. The molecule has 0 N–H and O–H groups in total. The Morgan fingerprint density at radius 2 is 1.69 bits per heavy atom. The van der Waals surface area contributed by atoms with Crippen LogP contribution in [0.2, 0.25) is 0 Å². The summed E-state index contributed by atoms with van der Waals surface area (Å²) >= 11 is 0. The Balaban J connectivity index is 1.50. The Bertz CT molecular complexity index is 780. The molecule has 5 nitrogen and oxygen atoms in total. The summed E-state index contributed by atoms with van der Waals surface area (Å²) in [5.74, 6) is -0.855. The van der Waals surface area contributed by atoms with Crippen LogP contribution in [0, 0.1) is 11.2 Å². The van der Waals surface area contributed by atoms with Crippen LogP contribution in [-0.2, 0) is 20.9 Å². The number of benzene rings is 1. The highest BCUT2D eigenvalue weighted by Gasteiger charge is 2.53. The third-order valence-electron chi connectivity index (χ3n) is 6.95. The molecule has 2 saturated carbocycles. The summed E-state index contributed by atoms with van der Waals surface area (Å²) in [6.07, 6.45) is 8.87. The highest BCUT2D eigenvalue weighted by atomic mass is 19.1. The maximum absolute atomic E-state index is 13.3. The summed E-state index contributed by atoms with van der Waals surface area (Å²) in [5, 5.41) is 0. The van der Waals surface area contributed by atoms with Crippen molar-refractivity contribution in [1.29, 1.82) is 0 Å². The van der Waals surface area contributed by atoms with Gasteiger partial charge in [-0.15, -0.1) is 0 Å². The molecule has 1 aliphatic heterocycles. The molecule has 0 atom stereocenters. The van der Waals surface area contributed by atoms with E-state index in [1.807, 2.05) is 4.90 Å². The molecule has 6 heteroatoms. The smallest absolute Gasteiger partial charge is 0.243 e. The molecule has 1 aromatic carbocycles. The molecule has 3 fully saturated rings. The monoisotopic (exact) mass is 400 g/mol. The molecular formula is C23H29FN2O3. The number of hydrogen-bond acceptors (Lipinski definition) is 3. The Morgan fingerprint density at radius 3 is 2.34 bits per heavy atom. The first-order chi connectivity index (χ1) is 14.0. The Morgan fingerprint density at radius 1 is 1.03 bits per heavy atom. The molecular weight excluding hydrogens is 371 g/mol. The standard InChI is InChI=1S/C23H29FN2O3/c24-18-10-8-17(9-11-18)15-25(19-6-2-1-3-7-19)21(28)16-26-20(27)14-23(22(26)29)12-4-5-13-23/h8-11,19H,1-7,12-16H2. The molecule has 4 rings (SSSR count). The van der Waals surface area contributed by atoms with Gasteiger partial charge in [0.1, 0.15) is 12.4 Å². The number of carbonyl (C=O) groups excluding carboxylic acids is 3. The van der Waals surface area contributed by atoms with E-state index in [-0.39, 0.29) is 42.5 Å². The molecule has 1 aromatic rings. The van der Waals surface area contributed by atoms with E-state index in [9.17, 15) is 18.8 Å². The minimum Gasteiger partial charge on any atom is -0.334 e. The second kappa shape index (κ2) is 8.25. The Hall–Kier alpha value is -2.24. The number of carbonyl (C=O) groups is 3. The van der Waals surface area contributed by atoms with Crippen LogP contribution in [0.5, 0.6) is 0 Å². The van der Waals surface area contributed by atoms with Crippen LogP contribution in [0.4, 0.5) is 4.39 Å². The molecule has 1 saturated heterocycles. The van der Waals surface area contributed by atoms with Crippen LogP contribution >= 0.6 is 0 Å². The SMILES string of the molecule is O=C1CC2(CCCC2)C(=O)N1CC(=O)N(Cc1ccc(F)cc1)C1CCCCC1. The Labute approximate surface area is 171 Å². The van der Waals surface area contributed by atoms with E-state index in [0.29, 0.717) is 6.54 Å². The lowest BCUT2D eigenvalue weighted by molar-refractivity contribution is -0.148. The fourth-order valence-corrected chi connectivity index (χ4v) is 5.29. The largest absolute Gasteiger partial charge is 0.334 e. The van der Waals surface area contributed by atoms with Gasteiger partial charge in [0.2, 0.25) is 17.7 Å². The van der Waals surface area contributed by atoms with Crippen molar-refractivity contribution in [3.05, 3.63) is 35.6 Å². The zero-order chi connectivity index (χ0) is 20.4. The van der Waals surface area contributed by atoms with Crippen LogP contribution in [0.1, 0.15) is 69.8 Å². The zero-order valence-corrected chi connectivity index (χ0v) is 16.9. The topological polar surface area (TPSA) is 57.7 Å². The highest BCUT2D eigenvalue weighted by molar-refractivity contribution is 6.08. The van der Waals surface area contributed by atoms with Crippen LogP contribution in [0.25, 0.3) is 0 Å². The van der Waals surface area contributed by atoms with Gasteiger partial charge in [-0.2, -0.15) is 0 Å². The Kier molecular flexibility index (Phi) is 5.70. The maximum atomic E-state index is 13.3. The first kappa shape index (κ1) is 20.0. The summed E-state index contributed by atoms with van der Waals surface area (Å²) < 4.78 is 13.3. The molecule has 1 spiro atoms. The van der Waals surface area contributed by atoms with Gasteiger partial charge in [-0.3, -0.25) is 19.3 Å². The molecule has 0 bridgehead atoms. The van der Waals surface area contributed by atoms with Crippen molar-refractivity contribution >= 4 is 17.7 Å². The van der Waals surface area contributed by atoms with Crippen molar-refractivity contribution in [2.24, 2.45) is 5.41 Å². The van der Waals surface area contributed by atoms with Crippen LogP contribution in [0.15, 0.2) is 24.3 Å². The molecule has 0 unspecified atom stereocenters. The summed E-state index contributed by atoms with van der Waals surface area (Å²) in [4.78, 5) is 41.8. The number of amides is 3. The van der Waals surface area contributed by atoms with E-state index < -0.39 is 5.41 Å². The quantitative estimate of drug-likeness (QED) is 0.707. The predicted molar refractivity (Wildman–Crippen MR) is 106 cm³/mol. The lowest BCUT2D eigenvalue weighted by Gasteiger charge is -2.35. The molecule has 0 aromatic heterocycles. The van der Waals surface area contributed by atoms with Gasteiger partial charge >= 0.3 is 0 Å². The molecule has 156 valence electrons. The lowest BCUT2D eigenvalue weighted by Crippen LogP contribution is -2.48. The van der Waals surface area contributed by atoms with Gasteiger partial charge in [0.05, 0.1) is 5.41 Å². The van der Waals surface area contributed by atoms with E-state index in [1.165, 1.54) is 23.5 Å². The molecule has 0 radical (unpaired) electrons. The predicted octanol–water partition coefficient (Wildman–Crippen LogP) is 3.81. The van der Waals surface area contributed by atoms with Crippen molar-refractivity contribution in [3.8, 4) is 0 Å². The van der Waals surface area contributed by atoms with Crippen molar-refractivity contribution in [2.75, 3.05) is 6.54 Å². The van der Waals surface area contributed by atoms with E-state index in [2.05, 4.69) is 0 Å². The molecule has 3 aliphatic rings. The second-order valence-electron chi connectivity index (χ2n) is 8.89. The molecule has 29 heavy (non-hydrogen) atoms. The van der Waals surface area contributed by atoms with E-state index in [1.54, 1.807) is 12.1 Å². The average molecular weight is 400 g/mol. The van der Waals surface area contributed by atoms with Crippen LogP contribution in [-0.4, -0.2) is 40.1 Å². The van der Waals surface area contributed by atoms with Crippen LogP contribution in [0.3, 0.4) is 0 Å². The first-order valence-electron chi connectivity index (χ1n) is 10.9. The number of hydrogen-bond donors (Lipinski definition) is 0. The van der Waals surface area contributed by atoms with E-state index >= 15 is 0 Å². The third-order valence-corrected chi connectivity index (χ3v) is 6.95. The fourth-order valence-electron chi connectivity index (χ4n) is 5.29. The first-order valence-corrected chi connectivity index (χ1v) is 10.9. The van der Waals surface area contributed by atoms with Gasteiger partial charge in [0.15, 0.2) is 0 Å². The third kappa shape index (κ3) is 4.07. The molecule has 3 amide bonds. The number of halogens is 1. The van der Waals surface area contributed by atoms with Gasteiger partial charge in [-0.25, -0.2) is 4.39 Å². The number of rotatable bonds is 5. The number of imide groups is 1. The lowest BCUT2D eigenvalue weighted by atomic mass is 9.84. The van der Waals surface area contributed by atoms with Gasteiger partial charge in [0.25, 0.3) is 0 Å². The van der Waals surface area contributed by atoms with E-state index in [0.717, 1.165) is 56.9 Å². The van der Waals surface area contributed by atoms with Crippen molar-refractivity contribution in [1.82, 2.24) is 9.80 Å². The number of likely N-dealkylation sites (tertiary alicyclic amines) is 1. The summed E-state index contributed by atoms with van der Waals surface area (Å²) in [5.41, 5.74) is 0.306.